The molecule has 0 fully saturated rings. The lowest BCUT2D eigenvalue weighted by atomic mass is 10.1. The first kappa shape index (κ1) is 18.3. The minimum Gasteiger partial charge on any atom is -0.338 e. The first-order chi connectivity index (χ1) is 13.7. The van der Waals surface area contributed by atoms with Gasteiger partial charge in [-0.25, -0.2) is 4.39 Å². The number of rotatable bonds is 6. The molecule has 0 saturated carbocycles. The van der Waals surface area contributed by atoms with E-state index < -0.39 is 0 Å². The Morgan fingerprint density at radius 3 is 2.32 bits per heavy atom. The van der Waals surface area contributed by atoms with Gasteiger partial charge in [0.15, 0.2) is 0 Å². The fourth-order valence-corrected chi connectivity index (χ4v) is 3.28. The summed E-state index contributed by atoms with van der Waals surface area (Å²) in [5.41, 5.74) is 3.72. The molecule has 0 amide bonds. The van der Waals surface area contributed by atoms with Crippen molar-refractivity contribution in [1.82, 2.24) is 20.3 Å². The van der Waals surface area contributed by atoms with E-state index in [2.05, 4.69) is 39.4 Å². The van der Waals surface area contributed by atoms with Gasteiger partial charge >= 0.3 is 0 Å². The second kappa shape index (κ2) is 8.31. The van der Waals surface area contributed by atoms with Crippen LogP contribution in [-0.2, 0) is 12.2 Å². The molecule has 28 heavy (non-hydrogen) atoms. The average Bonchev–Trinajstić information content (AvgIpc) is 3.22. The molecule has 5 nitrogen and oxygen atoms in total. The van der Waals surface area contributed by atoms with Crippen LogP contribution in [0.25, 0.3) is 22.6 Å². The van der Waals surface area contributed by atoms with Crippen molar-refractivity contribution in [2.24, 2.45) is 0 Å². The highest BCUT2D eigenvalue weighted by molar-refractivity contribution is 7.98. The summed E-state index contributed by atoms with van der Waals surface area (Å²) in [7, 11) is 0. The predicted molar refractivity (Wildman–Crippen MR) is 106 cm³/mol. The topological polar surface area (TPSA) is 64.7 Å². The van der Waals surface area contributed by atoms with Gasteiger partial charge in [0.25, 0.3) is 0 Å². The number of hydrogen-bond acceptors (Lipinski definition) is 6. The Bertz CT molecular complexity index is 1050. The van der Waals surface area contributed by atoms with Crippen molar-refractivity contribution in [3.8, 4) is 22.6 Å². The highest BCUT2D eigenvalue weighted by atomic mass is 32.2. The molecule has 4 rings (SSSR count). The average molecular weight is 392 g/mol. The lowest BCUT2D eigenvalue weighted by Gasteiger charge is -2.01. The van der Waals surface area contributed by atoms with Gasteiger partial charge in [-0.1, -0.05) is 48.1 Å². The van der Waals surface area contributed by atoms with E-state index in [0.29, 0.717) is 23.2 Å². The zero-order chi connectivity index (χ0) is 19.3. The molecular weight excluding hydrogens is 375 g/mol. The molecule has 7 heteroatoms. The maximum absolute atomic E-state index is 13.0. The van der Waals surface area contributed by atoms with E-state index in [9.17, 15) is 4.39 Å². The molecular formula is C21H17FN4OS. The fourth-order valence-electron chi connectivity index (χ4n) is 2.63. The zero-order valence-electron chi connectivity index (χ0n) is 15.2. The summed E-state index contributed by atoms with van der Waals surface area (Å²) in [5.74, 6) is 1.34. The summed E-state index contributed by atoms with van der Waals surface area (Å²) in [4.78, 5) is 4.44. The Kier molecular flexibility index (Phi) is 5.43. The van der Waals surface area contributed by atoms with Gasteiger partial charge in [-0.05, 0) is 48.4 Å². The number of halogens is 1. The van der Waals surface area contributed by atoms with Gasteiger partial charge in [-0.2, -0.15) is 4.98 Å². The van der Waals surface area contributed by atoms with Crippen molar-refractivity contribution < 1.29 is 8.91 Å². The summed E-state index contributed by atoms with van der Waals surface area (Å²) in [6.07, 6.45) is 0.995. The summed E-state index contributed by atoms with van der Waals surface area (Å²) >= 11 is 1.46. The quantitative estimate of drug-likeness (QED) is 0.421. The molecule has 0 bridgehead atoms. The molecule has 0 aliphatic carbocycles. The summed E-state index contributed by atoms with van der Waals surface area (Å²) in [5, 5.41) is 13.2. The van der Waals surface area contributed by atoms with Gasteiger partial charge in [-0.3, -0.25) is 0 Å². The SMILES string of the molecule is CCc1ccc(-c2noc(CSc3ccc(-c4ccc(F)cc4)nn3)n2)cc1. The van der Waals surface area contributed by atoms with Crippen molar-refractivity contribution in [2.75, 3.05) is 0 Å². The van der Waals surface area contributed by atoms with Gasteiger partial charge in [0.1, 0.15) is 10.8 Å². The first-order valence-corrected chi connectivity index (χ1v) is 9.84. The van der Waals surface area contributed by atoms with Crippen molar-refractivity contribution in [1.29, 1.82) is 0 Å². The van der Waals surface area contributed by atoms with Crippen LogP contribution >= 0.6 is 11.8 Å². The van der Waals surface area contributed by atoms with Crippen LogP contribution in [0, 0.1) is 5.82 Å². The molecule has 0 spiro atoms. The van der Waals surface area contributed by atoms with Crippen molar-refractivity contribution in [3.63, 3.8) is 0 Å². The molecule has 0 aliphatic rings. The van der Waals surface area contributed by atoms with Crippen molar-refractivity contribution >= 4 is 11.8 Å². The monoisotopic (exact) mass is 392 g/mol. The molecule has 2 aromatic carbocycles. The Labute approximate surface area is 166 Å². The summed E-state index contributed by atoms with van der Waals surface area (Å²) in [6.45, 7) is 2.12. The summed E-state index contributed by atoms with van der Waals surface area (Å²) < 4.78 is 18.3. The van der Waals surface area contributed by atoms with E-state index in [1.54, 1.807) is 12.1 Å². The van der Waals surface area contributed by atoms with Crippen LogP contribution in [0.15, 0.2) is 70.2 Å². The van der Waals surface area contributed by atoms with Gasteiger partial charge in [-0.15, -0.1) is 10.2 Å². The van der Waals surface area contributed by atoms with Gasteiger partial charge < -0.3 is 4.52 Å². The van der Waals surface area contributed by atoms with Gasteiger partial charge in [0.05, 0.1) is 11.4 Å². The molecule has 2 heterocycles. The third-order valence-corrected chi connectivity index (χ3v) is 5.12. The Morgan fingerprint density at radius 2 is 1.64 bits per heavy atom. The van der Waals surface area contributed by atoms with E-state index in [-0.39, 0.29) is 5.82 Å². The lowest BCUT2D eigenvalue weighted by molar-refractivity contribution is 0.391. The predicted octanol–water partition coefficient (Wildman–Crippen LogP) is 5.19. The van der Waals surface area contributed by atoms with Crippen LogP contribution in [0.1, 0.15) is 18.4 Å². The highest BCUT2D eigenvalue weighted by Gasteiger charge is 2.10. The molecule has 0 N–H and O–H groups in total. The number of thioether (sulfide) groups is 1. The Hall–Kier alpha value is -3.06. The smallest absolute Gasteiger partial charge is 0.237 e. The second-order valence-electron chi connectivity index (χ2n) is 6.11. The zero-order valence-corrected chi connectivity index (χ0v) is 16.0. The molecule has 0 saturated heterocycles. The van der Waals surface area contributed by atoms with Crippen LogP contribution in [0.4, 0.5) is 4.39 Å². The van der Waals surface area contributed by atoms with Crippen LogP contribution in [-0.4, -0.2) is 20.3 Å². The maximum Gasteiger partial charge on any atom is 0.237 e. The number of nitrogens with zero attached hydrogens (tertiary/aromatic N) is 4. The Balaban J connectivity index is 1.39. The maximum atomic E-state index is 13.0. The van der Waals surface area contributed by atoms with E-state index in [1.165, 1.54) is 29.5 Å². The number of benzene rings is 2. The van der Waals surface area contributed by atoms with Gasteiger partial charge in [0.2, 0.25) is 11.7 Å². The van der Waals surface area contributed by atoms with Crippen LogP contribution < -0.4 is 0 Å². The number of aryl methyl sites for hydroxylation is 1. The number of aromatic nitrogens is 4. The van der Waals surface area contributed by atoms with Crippen LogP contribution in [0.3, 0.4) is 0 Å². The minimum absolute atomic E-state index is 0.274. The molecule has 0 atom stereocenters. The van der Waals surface area contributed by atoms with Gasteiger partial charge in [0, 0.05) is 11.1 Å². The van der Waals surface area contributed by atoms with E-state index in [4.69, 9.17) is 4.52 Å². The molecule has 0 aliphatic heterocycles. The third kappa shape index (κ3) is 4.26. The van der Waals surface area contributed by atoms with Crippen LogP contribution in [0.2, 0.25) is 0 Å². The first-order valence-electron chi connectivity index (χ1n) is 8.85. The fraction of sp³-hybridized carbons (Fsp3) is 0.143. The minimum atomic E-state index is -0.274. The number of hydrogen-bond donors (Lipinski definition) is 0. The standard InChI is InChI=1S/C21H17FN4OS/c1-2-14-3-5-16(6-4-14)21-23-19(27-26-21)13-28-20-12-11-18(24-25-20)15-7-9-17(22)10-8-15/h3-12H,2,13H2,1H3. The highest BCUT2D eigenvalue weighted by Crippen LogP contribution is 2.24. The molecule has 140 valence electrons. The van der Waals surface area contributed by atoms with E-state index in [1.807, 2.05) is 24.3 Å². The van der Waals surface area contributed by atoms with Crippen LogP contribution in [0.5, 0.6) is 0 Å². The summed E-state index contributed by atoms with van der Waals surface area (Å²) in [6, 6.07) is 18.0. The van der Waals surface area contributed by atoms with Crippen molar-refractivity contribution in [2.45, 2.75) is 24.1 Å². The van der Waals surface area contributed by atoms with E-state index in [0.717, 1.165) is 22.6 Å². The molecule has 0 unspecified atom stereocenters. The largest absolute Gasteiger partial charge is 0.338 e. The lowest BCUT2D eigenvalue weighted by Crippen LogP contribution is -1.90. The second-order valence-corrected chi connectivity index (χ2v) is 7.11. The molecule has 4 aromatic rings. The van der Waals surface area contributed by atoms with Crippen molar-refractivity contribution in [3.05, 3.63) is 77.9 Å². The van der Waals surface area contributed by atoms with E-state index >= 15 is 0 Å². The molecule has 2 aromatic heterocycles. The third-order valence-electron chi connectivity index (χ3n) is 4.21. The Morgan fingerprint density at radius 1 is 0.893 bits per heavy atom. The molecule has 0 radical (unpaired) electrons. The normalized spacial score (nSPS) is 10.9.